The molecule has 0 spiro atoms. The van der Waals surface area contributed by atoms with Crippen molar-refractivity contribution in [1.29, 1.82) is 0 Å². The molecule has 0 aromatic carbocycles. The Kier molecular flexibility index (Phi) is 4.18. The van der Waals surface area contributed by atoms with Gasteiger partial charge in [-0.3, -0.25) is 5.32 Å². The number of rotatable bonds is 2. The molecule has 2 aliphatic heterocycles. The topological polar surface area (TPSA) is 107 Å². The molecule has 3 rings (SSSR count). The van der Waals surface area contributed by atoms with Crippen molar-refractivity contribution >= 4 is 17.9 Å². The first-order chi connectivity index (χ1) is 11.2. The number of amides is 1. The van der Waals surface area contributed by atoms with Crippen LogP contribution in [0.5, 0.6) is 0 Å². The van der Waals surface area contributed by atoms with E-state index in [9.17, 15) is 9.59 Å². The van der Waals surface area contributed by atoms with E-state index in [-0.39, 0.29) is 13.0 Å². The summed E-state index contributed by atoms with van der Waals surface area (Å²) >= 11 is 0. The van der Waals surface area contributed by atoms with Gasteiger partial charge in [-0.15, -0.1) is 0 Å². The Morgan fingerprint density at radius 1 is 1.21 bits per heavy atom. The molecule has 0 aliphatic carbocycles. The van der Waals surface area contributed by atoms with E-state index >= 15 is 0 Å². The summed E-state index contributed by atoms with van der Waals surface area (Å²) in [6.45, 7) is 6.11. The zero-order chi connectivity index (χ0) is 17.5. The van der Waals surface area contributed by atoms with Crippen LogP contribution in [0.3, 0.4) is 0 Å². The molecule has 0 unspecified atom stereocenters. The Labute approximate surface area is 139 Å². The molecule has 1 amide bonds. The van der Waals surface area contributed by atoms with E-state index in [0.717, 1.165) is 16.7 Å². The van der Waals surface area contributed by atoms with Gasteiger partial charge in [-0.25, -0.2) is 14.6 Å². The van der Waals surface area contributed by atoms with Crippen LogP contribution in [0.25, 0.3) is 0 Å². The number of pyridine rings is 1. The smallest absolute Gasteiger partial charge is 0.413 e. The minimum Gasteiger partial charge on any atom is -0.479 e. The van der Waals surface area contributed by atoms with E-state index in [2.05, 4.69) is 10.3 Å². The monoisotopic (exact) mass is 336 g/mol. The molecule has 0 radical (unpaired) electrons. The Balaban J connectivity index is 1.90. The Morgan fingerprint density at radius 2 is 1.92 bits per heavy atom. The molecule has 0 saturated carbocycles. The number of carboxylic acids is 1. The van der Waals surface area contributed by atoms with Crippen molar-refractivity contribution in [3.05, 3.63) is 22.4 Å². The molecule has 2 aliphatic rings. The number of carbonyl (C=O) groups is 2. The highest BCUT2D eigenvalue weighted by molar-refractivity contribution is 5.85. The van der Waals surface area contributed by atoms with E-state index in [1.54, 1.807) is 20.8 Å². The number of nitrogens with one attached hydrogen (secondary N) is 1. The predicted octanol–water partition coefficient (Wildman–Crippen LogP) is 1.98. The van der Waals surface area contributed by atoms with Gasteiger partial charge in [0.1, 0.15) is 11.4 Å². The lowest BCUT2D eigenvalue weighted by atomic mass is 9.95. The number of hydrogen-bond acceptors (Lipinski definition) is 6. The summed E-state index contributed by atoms with van der Waals surface area (Å²) in [5.41, 5.74) is 2.51. The highest BCUT2D eigenvalue weighted by atomic mass is 16.6. The zero-order valence-corrected chi connectivity index (χ0v) is 13.8. The van der Waals surface area contributed by atoms with Crippen molar-refractivity contribution in [2.75, 3.05) is 5.32 Å². The molecular formula is C16H20N2O6. The van der Waals surface area contributed by atoms with Crippen molar-refractivity contribution < 1.29 is 28.9 Å². The number of nitrogens with zero attached hydrogens (tertiary/aromatic N) is 1. The fraction of sp³-hybridized carbons (Fsp3) is 0.562. The second kappa shape index (κ2) is 6.03. The van der Waals surface area contributed by atoms with Gasteiger partial charge in [-0.1, -0.05) is 0 Å². The molecule has 1 atom stereocenters. The molecule has 1 aromatic heterocycles. The quantitative estimate of drug-likeness (QED) is 0.850. The number of carbonyl (C=O) groups excluding carboxylic acids is 1. The van der Waals surface area contributed by atoms with Gasteiger partial charge in [0, 0.05) is 12.0 Å². The molecule has 0 fully saturated rings. The molecule has 0 bridgehead atoms. The standard InChI is InChI=1S/C16H20N2O6/c1-16(2,3)24-15(21)18-13-10-6-22-5-9(10)8-4-12(14(19)20)23-7-11(8)17-13/h12H,4-7H2,1-3H3,(H,19,20)(H,17,18,21)/t12-/m0/s1. The highest BCUT2D eigenvalue weighted by Crippen LogP contribution is 2.34. The summed E-state index contributed by atoms with van der Waals surface area (Å²) in [5, 5.41) is 11.8. The molecule has 3 heterocycles. The predicted molar refractivity (Wildman–Crippen MR) is 82.5 cm³/mol. The molecule has 1 aromatic rings. The second-order valence-electron chi connectivity index (χ2n) is 6.80. The third-order valence-electron chi connectivity index (χ3n) is 3.81. The Bertz CT molecular complexity index is 695. The first-order valence-electron chi connectivity index (χ1n) is 7.70. The van der Waals surface area contributed by atoms with E-state index in [1.165, 1.54) is 0 Å². The van der Waals surface area contributed by atoms with Crippen LogP contribution < -0.4 is 5.32 Å². The largest absolute Gasteiger partial charge is 0.479 e. The summed E-state index contributed by atoms with van der Waals surface area (Å²) in [5.74, 6) is -0.614. The van der Waals surface area contributed by atoms with Crippen molar-refractivity contribution in [3.63, 3.8) is 0 Å². The maximum Gasteiger partial charge on any atom is 0.413 e. The summed E-state index contributed by atoms with van der Waals surface area (Å²) in [4.78, 5) is 27.6. The fourth-order valence-electron chi connectivity index (χ4n) is 2.80. The Morgan fingerprint density at radius 3 is 2.58 bits per heavy atom. The molecule has 24 heavy (non-hydrogen) atoms. The first-order valence-corrected chi connectivity index (χ1v) is 7.70. The SMILES string of the molecule is CC(C)(C)OC(=O)Nc1nc2c(c3c1COC3)C[C@@H](C(=O)O)OC2. The van der Waals surface area contributed by atoms with Crippen LogP contribution in [0.2, 0.25) is 0 Å². The van der Waals surface area contributed by atoms with E-state index in [1.807, 2.05) is 0 Å². The van der Waals surface area contributed by atoms with Crippen molar-refractivity contribution in [3.8, 4) is 0 Å². The van der Waals surface area contributed by atoms with Crippen LogP contribution >= 0.6 is 0 Å². The third kappa shape index (κ3) is 3.34. The lowest BCUT2D eigenvalue weighted by Gasteiger charge is -2.25. The minimum atomic E-state index is -0.996. The summed E-state index contributed by atoms with van der Waals surface area (Å²) < 4.78 is 16.1. The molecule has 8 nitrogen and oxygen atoms in total. The maximum absolute atomic E-state index is 12.0. The van der Waals surface area contributed by atoms with Gasteiger partial charge in [0.15, 0.2) is 6.10 Å². The van der Waals surface area contributed by atoms with Crippen LogP contribution in [0.1, 0.15) is 43.2 Å². The zero-order valence-electron chi connectivity index (χ0n) is 13.8. The number of carboxylic acid groups (broad SMARTS) is 1. The molecule has 8 heteroatoms. The minimum absolute atomic E-state index is 0.0859. The van der Waals surface area contributed by atoms with Crippen LogP contribution in [0.15, 0.2) is 0 Å². The number of aliphatic carboxylic acids is 1. The van der Waals surface area contributed by atoms with Gasteiger partial charge < -0.3 is 19.3 Å². The van der Waals surface area contributed by atoms with Gasteiger partial charge in [-0.05, 0) is 31.9 Å². The van der Waals surface area contributed by atoms with E-state index in [0.29, 0.717) is 24.7 Å². The lowest BCUT2D eigenvalue weighted by Crippen LogP contribution is -2.32. The van der Waals surface area contributed by atoms with Crippen molar-refractivity contribution in [2.45, 2.75) is 58.7 Å². The van der Waals surface area contributed by atoms with Gasteiger partial charge in [-0.2, -0.15) is 0 Å². The Hall–Kier alpha value is -2.19. The first kappa shape index (κ1) is 16.7. The van der Waals surface area contributed by atoms with Gasteiger partial charge in [0.25, 0.3) is 0 Å². The third-order valence-corrected chi connectivity index (χ3v) is 3.81. The summed E-state index contributed by atoms with van der Waals surface area (Å²) in [6, 6.07) is 0. The lowest BCUT2D eigenvalue weighted by molar-refractivity contribution is -0.152. The van der Waals surface area contributed by atoms with Crippen LogP contribution in [-0.2, 0) is 45.2 Å². The average Bonchev–Trinajstić information content (AvgIpc) is 2.94. The molecule has 0 saturated heterocycles. The van der Waals surface area contributed by atoms with E-state index < -0.39 is 23.8 Å². The maximum atomic E-state index is 12.0. The van der Waals surface area contributed by atoms with Gasteiger partial charge >= 0.3 is 12.1 Å². The van der Waals surface area contributed by atoms with Crippen LogP contribution in [0.4, 0.5) is 10.6 Å². The molecular weight excluding hydrogens is 316 g/mol. The molecule has 2 N–H and O–H groups in total. The van der Waals surface area contributed by atoms with Crippen molar-refractivity contribution in [2.24, 2.45) is 0 Å². The number of aromatic nitrogens is 1. The van der Waals surface area contributed by atoms with Gasteiger partial charge in [0.2, 0.25) is 0 Å². The molecule has 130 valence electrons. The number of anilines is 1. The number of ether oxygens (including phenoxy) is 3. The fourth-order valence-corrected chi connectivity index (χ4v) is 2.80. The van der Waals surface area contributed by atoms with Crippen LogP contribution in [-0.4, -0.2) is 33.9 Å². The average molecular weight is 336 g/mol. The van der Waals surface area contributed by atoms with Crippen molar-refractivity contribution in [1.82, 2.24) is 4.98 Å². The van der Waals surface area contributed by atoms with Crippen LogP contribution in [0, 0.1) is 0 Å². The number of fused-ring (bicyclic) bond motifs is 3. The highest BCUT2D eigenvalue weighted by Gasteiger charge is 2.32. The summed E-state index contributed by atoms with van der Waals surface area (Å²) in [6.07, 6.45) is -1.23. The van der Waals surface area contributed by atoms with E-state index in [4.69, 9.17) is 19.3 Å². The summed E-state index contributed by atoms with van der Waals surface area (Å²) in [7, 11) is 0. The number of hydrogen-bond donors (Lipinski definition) is 2. The normalized spacial score (nSPS) is 19.4. The van der Waals surface area contributed by atoms with Gasteiger partial charge in [0.05, 0.1) is 25.5 Å². The second-order valence-corrected chi connectivity index (χ2v) is 6.80.